The lowest BCUT2D eigenvalue weighted by atomic mass is 10.1. The molecule has 1 N–H and O–H groups in total. The predicted molar refractivity (Wildman–Crippen MR) is 92.6 cm³/mol. The zero-order valence-corrected chi connectivity index (χ0v) is 14.0. The van der Waals surface area contributed by atoms with Crippen LogP contribution in [0.3, 0.4) is 0 Å². The number of hydrogen-bond donors (Lipinski definition) is 1. The molecule has 0 spiro atoms. The van der Waals surface area contributed by atoms with E-state index < -0.39 is 0 Å². The highest BCUT2D eigenvalue weighted by molar-refractivity contribution is 7.14. The summed E-state index contributed by atoms with van der Waals surface area (Å²) < 4.78 is 2.13. The Labute approximate surface area is 140 Å². The second-order valence-corrected chi connectivity index (χ2v) is 6.99. The molecule has 2 aromatic heterocycles. The summed E-state index contributed by atoms with van der Waals surface area (Å²) in [7, 11) is 0. The lowest BCUT2D eigenvalue weighted by Gasteiger charge is -2.09. The monoisotopic (exact) mass is 330 g/mol. The normalized spacial score (nSPS) is 14.6. The number of nitrogens with one attached hydrogen (secondary N) is 1. The van der Waals surface area contributed by atoms with E-state index in [1.54, 1.807) is 0 Å². The first-order chi connectivity index (χ1) is 11.3. The Balaban J connectivity index is 1.35. The third-order valence-corrected chi connectivity index (χ3v) is 5.19. The van der Waals surface area contributed by atoms with Gasteiger partial charge in [-0.3, -0.25) is 4.79 Å². The summed E-state index contributed by atoms with van der Waals surface area (Å²) >= 11 is 1.81. The molecule has 6 heteroatoms. The number of thiophene rings is 1. The zero-order valence-electron chi connectivity index (χ0n) is 13.2. The van der Waals surface area contributed by atoms with Gasteiger partial charge in [0, 0.05) is 36.7 Å². The number of amides is 1. The Kier molecular flexibility index (Phi) is 5.58. The molecule has 2 aromatic rings. The molecule has 0 unspecified atom stereocenters. The van der Waals surface area contributed by atoms with Crippen molar-refractivity contribution in [3.8, 4) is 0 Å². The molecule has 0 radical (unpaired) electrons. The SMILES string of the molecule is O=C1CCC(c2ccc(CCCCCCn3ccnc3)s2)=NN1. The molecule has 3 rings (SSSR count). The number of aromatic nitrogens is 2. The summed E-state index contributed by atoms with van der Waals surface area (Å²) in [6, 6.07) is 4.33. The third kappa shape index (κ3) is 4.76. The number of hydrogen-bond acceptors (Lipinski definition) is 4. The maximum atomic E-state index is 11.1. The minimum Gasteiger partial charge on any atom is -0.337 e. The molecule has 1 aliphatic rings. The molecule has 0 saturated heterocycles. The van der Waals surface area contributed by atoms with Crippen molar-refractivity contribution in [2.75, 3.05) is 0 Å². The lowest BCUT2D eigenvalue weighted by molar-refractivity contribution is -0.121. The van der Waals surface area contributed by atoms with Gasteiger partial charge in [0.25, 0.3) is 0 Å². The van der Waals surface area contributed by atoms with E-state index in [0.717, 1.165) is 25.1 Å². The van der Waals surface area contributed by atoms with E-state index in [-0.39, 0.29) is 5.91 Å². The van der Waals surface area contributed by atoms with Gasteiger partial charge >= 0.3 is 0 Å². The van der Waals surface area contributed by atoms with E-state index in [9.17, 15) is 4.79 Å². The van der Waals surface area contributed by atoms with Gasteiger partial charge in [-0.25, -0.2) is 10.4 Å². The van der Waals surface area contributed by atoms with Crippen LogP contribution in [0.25, 0.3) is 0 Å². The highest BCUT2D eigenvalue weighted by atomic mass is 32.1. The standard InChI is InChI=1S/C17H22N4OS/c22-17-9-7-15(19-20-17)16-8-6-14(23-16)5-3-1-2-4-11-21-12-10-18-13-21/h6,8,10,12-13H,1-5,7,9,11H2,(H,20,22). The van der Waals surface area contributed by atoms with E-state index in [1.807, 2.05) is 30.1 Å². The molecule has 0 bridgehead atoms. The molecular weight excluding hydrogens is 308 g/mol. The lowest BCUT2D eigenvalue weighted by Crippen LogP contribution is -2.25. The van der Waals surface area contributed by atoms with Crippen LogP contribution < -0.4 is 5.43 Å². The first-order valence-corrected chi connectivity index (χ1v) is 9.03. The van der Waals surface area contributed by atoms with Crippen LogP contribution in [0.5, 0.6) is 0 Å². The quantitative estimate of drug-likeness (QED) is 0.755. The molecule has 0 atom stereocenters. The van der Waals surface area contributed by atoms with Crippen molar-refractivity contribution < 1.29 is 4.79 Å². The maximum Gasteiger partial charge on any atom is 0.240 e. The first kappa shape index (κ1) is 15.9. The summed E-state index contributed by atoms with van der Waals surface area (Å²) in [6.07, 6.45) is 13.1. The van der Waals surface area contributed by atoms with Crippen LogP contribution in [-0.2, 0) is 17.8 Å². The molecule has 0 saturated carbocycles. The average Bonchev–Trinajstić information content (AvgIpc) is 3.23. The first-order valence-electron chi connectivity index (χ1n) is 8.21. The minimum atomic E-state index is 0.0150. The van der Waals surface area contributed by atoms with Crippen molar-refractivity contribution in [3.63, 3.8) is 0 Å². The third-order valence-electron chi connectivity index (χ3n) is 4.00. The van der Waals surface area contributed by atoms with Gasteiger partial charge in [0.15, 0.2) is 0 Å². The molecule has 3 heterocycles. The number of carbonyl (C=O) groups excluding carboxylic acids is 1. The van der Waals surface area contributed by atoms with Crippen molar-refractivity contribution in [2.45, 2.75) is 51.5 Å². The molecule has 0 fully saturated rings. The number of carbonyl (C=O) groups is 1. The van der Waals surface area contributed by atoms with Crippen LogP contribution in [0.15, 0.2) is 36.0 Å². The van der Waals surface area contributed by atoms with Crippen LogP contribution in [0.1, 0.15) is 48.3 Å². The van der Waals surface area contributed by atoms with Crippen molar-refractivity contribution >= 4 is 23.0 Å². The maximum absolute atomic E-state index is 11.1. The van der Waals surface area contributed by atoms with E-state index in [4.69, 9.17) is 0 Å². The Hall–Kier alpha value is -1.95. The van der Waals surface area contributed by atoms with Gasteiger partial charge in [-0.2, -0.15) is 5.10 Å². The number of imidazole rings is 1. The average molecular weight is 330 g/mol. The molecule has 122 valence electrons. The van der Waals surface area contributed by atoms with E-state index >= 15 is 0 Å². The zero-order chi connectivity index (χ0) is 15.9. The summed E-state index contributed by atoms with van der Waals surface area (Å²) in [5, 5.41) is 4.16. The molecule has 23 heavy (non-hydrogen) atoms. The summed E-state index contributed by atoms with van der Waals surface area (Å²) in [4.78, 5) is 17.8. The predicted octanol–water partition coefficient (Wildman–Crippen LogP) is 3.36. The van der Waals surface area contributed by atoms with Gasteiger partial charge in [0.05, 0.1) is 16.9 Å². The number of aryl methyl sites for hydroxylation is 2. The van der Waals surface area contributed by atoms with Crippen molar-refractivity contribution in [1.29, 1.82) is 0 Å². The van der Waals surface area contributed by atoms with E-state index in [2.05, 4.69) is 32.2 Å². The van der Waals surface area contributed by atoms with Gasteiger partial charge in [0.1, 0.15) is 0 Å². The summed E-state index contributed by atoms with van der Waals surface area (Å²) in [5.74, 6) is 0.0150. The van der Waals surface area contributed by atoms with Gasteiger partial charge in [-0.1, -0.05) is 12.8 Å². The Bertz CT molecular complexity index is 660. The molecule has 0 aliphatic carbocycles. The minimum absolute atomic E-state index is 0.0150. The van der Waals surface area contributed by atoms with Crippen LogP contribution in [-0.4, -0.2) is 21.2 Å². The highest BCUT2D eigenvalue weighted by Gasteiger charge is 2.14. The number of rotatable bonds is 8. The highest BCUT2D eigenvalue weighted by Crippen LogP contribution is 2.22. The largest absolute Gasteiger partial charge is 0.337 e. The summed E-state index contributed by atoms with van der Waals surface area (Å²) in [5.41, 5.74) is 3.58. The van der Waals surface area contributed by atoms with E-state index in [1.165, 1.54) is 35.4 Å². The molecule has 5 nitrogen and oxygen atoms in total. The molecule has 0 aromatic carbocycles. The van der Waals surface area contributed by atoms with Crippen molar-refractivity contribution in [3.05, 3.63) is 40.6 Å². The topological polar surface area (TPSA) is 59.3 Å². The van der Waals surface area contributed by atoms with E-state index in [0.29, 0.717) is 6.42 Å². The van der Waals surface area contributed by atoms with Crippen LogP contribution in [0.2, 0.25) is 0 Å². The number of hydrazone groups is 1. The van der Waals surface area contributed by atoms with Crippen molar-refractivity contribution in [2.24, 2.45) is 5.10 Å². The van der Waals surface area contributed by atoms with Gasteiger partial charge < -0.3 is 4.57 Å². The fourth-order valence-electron chi connectivity index (χ4n) is 2.69. The van der Waals surface area contributed by atoms with Crippen LogP contribution >= 0.6 is 11.3 Å². The summed E-state index contributed by atoms with van der Waals surface area (Å²) in [6.45, 7) is 1.06. The molecule has 1 amide bonds. The smallest absolute Gasteiger partial charge is 0.240 e. The number of nitrogens with zero attached hydrogens (tertiary/aromatic N) is 3. The van der Waals surface area contributed by atoms with Gasteiger partial charge in [0.2, 0.25) is 5.91 Å². The fourth-order valence-corrected chi connectivity index (χ4v) is 3.75. The second-order valence-electron chi connectivity index (χ2n) is 5.82. The Morgan fingerprint density at radius 3 is 2.87 bits per heavy atom. The second kappa shape index (κ2) is 8.06. The fraction of sp³-hybridized carbons (Fsp3) is 0.471. The Morgan fingerprint density at radius 2 is 2.09 bits per heavy atom. The Morgan fingerprint density at radius 1 is 1.17 bits per heavy atom. The van der Waals surface area contributed by atoms with Crippen LogP contribution in [0.4, 0.5) is 0 Å². The van der Waals surface area contributed by atoms with Gasteiger partial charge in [-0.15, -0.1) is 11.3 Å². The van der Waals surface area contributed by atoms with Gasteiger partial charge in [-0.05, 0) is 31.4 Å². The molecule has 1 aliphatic heterocycles. The van der Waals surface area contributed by atoms with Crippen molar-refractivity contribution in [1.82, 2.24) is 15.0 Å². The number of unbranched alkanes of at least 4 members (excludes halogenated alkanes) is 3. The molecular formula is C17H22N4OS. The van der Waals surface area contributed by atoms with Crippen LogP contribution in [0, 0.1) is 0 Å².